The largest absolute Gasteiger partial charge is 0.351 e. The Morgan fingerprint density at radius 3 is 1.92 bits per heavy atom. The number of likely N-dealkylation sites (tertiary alicyclic amines) is 1. The molecule has 1 N–H and O–H groups in total. The van der Waals surface area contributed by atoms with E-state index >= 15 is 0 Å². The number of carbonyl (C=O) groups is 3. The average Bonchev–Trinajstić information content (AvgIpc) is 2.88. The number of imide groups is 1. The lowest BCUT2D eigenvalue weighted by Crippen LogP contribution is -2.59. The molecular formula is C21H30N2O3. The van der Waals surface area contributed by atoms with Gasteiger partial charge in [-0.05, 0) is 75.5 Å². The van der Waals surface area contributed by atoms with Crippen LogP contribution in [-0.4, -0.2) is 34.7 Å². The van der Waals surface area contributed by atoms with Crippen molar-refractivity contribution in [3.05, 3.63) is 0 Å². The zero-order valence-corrected chi connectivity index (χ0v) is 15.7. The third kappa shape index (κ3) is 2.45. The molecule has 26 heavy (non-hydrogen) atoms. The van der Waals surface area contributed by atoms with Crippen LogP contribution in [0.1, 0.15) is 64.7 Å². The molecule has 1 heterocycles. The zero-order valence-electron chi connectivity index (χ0n) is 15.7. The molecule has 0 aromatic rings. The monoisotopic (exact) mass is 358 g/mol. The van der Waals surface area contributed by atoms with Gasteiger partial charge >= 0.3 is 0 Å². The first kappa shape index (κ1) is 16.8. The summed E-state index contributed by atoms with van der Waals surface area (Å²) in [4.78, 5) is 39.8. The summed E-state index contributed by atoms with van der Waals surface area (Å²) in [6.07, 6.45) is 10.0. The van der Waals surface area contributed by atoms with Crippen molar-refractivity contribution in [3.8, 4) is 0 Å². The van der Waals surface area contributed by atoms with E-state index in [9.17, 15) is 14.4 Å². The van der Waals surface area contributed by atoms with Gasteiger partial charge in [-0.2, -0.15) is 0 Å². The summed E-state index contributed by atoms with van der Waals surface area (Å²) in [6, 6.07) is -0.411. The second kappa shape index (κ2) is 6.07. The van der Waals surface area contributed by atoms with Crippen LogP contribution in [0.5, 0.6) is 0 Å². The number of carbonyl (C=O) groups excluding carboxylic acids is 3. The predicted octanol–water partition coefficient (Wildman–Crippen LogP) is 2.49. The highest BCUT2D eigenvalue weighted by Gasteiger charge is 2.52. The van der Waals surface area contributed by atoms with E-state index in [-0.39, 0.29) is 35.6 Å². The third-order valence-corrected chi connectivity index (χ3v) is 8.18. The second-order valence-electron chi connectivity index (χ2n) is 9.68. The van der Waals surface area contributed by atoms with Crippen LogP contribution in [0.15, 0.2) is 0 Å². The maximum absolute atomic E-state index is 13.0. The third-order valence-electron chi connectivity index (χ3n) is 8.18. The number of hydrogen-bond donors (Lipinski definition) is 1. The summed E-state index contributed by atoms with van der Waals surface area (Å²) in [7, 11) is 0. The molecule has 6 rings (SSSR count). The van der Waals surface area contributed by atoms with E-state index in [4.69, 9.17) is 0 Å². The highest BCUT2D eigenvalue weighted by Crippen LogP contribution is 2.53. The highest BCUT2D eigenvalue weighted by atomic mass is 16.2. The number of nitrogens with zero attached hydrogens (tertiary/aromatic N) is 1. The molecule has 0 spiro atoms. The standard InChI is InChI=1S/C21H30N2O3/c1-11(23-20(25)16-4-2-3-5-17(16)21(23)26)19(24)22-18-14-7-12-6-13(9-14)10-15(18)8-12/h11-18H,2-10H2,1H3,(H,22,24). The summed E-state index contributed by atoms with van der Waals surface area (Å²) in [5.41, 5.74) is 0. The molecule has 3 unspecified atom stereocenters. The molecule has 5 heteroatoms. The van der Waals surface area contributed by atoms with Crippen molar-refractivity contribution in [3.63, 3.8) is 0 Å². The van der Waals surface area contributed by atoms with E-state index in [1.165, 1.54) is 37.0 Å². The molecule has 0 aromatic carbocycles. The number of fused-ring (bicyclic) bond motifs is 1. The molecule has 5 nitrogen and oxygen atoms in total. The second-order valence-corrected chi connectivity index (χ2v) is 9.68. The Labute approximate surface area is 155 Å². The molecule has 4 bridgehead atoms. The lowest BCUT2D eigenvalue weighted by atomic mass is 9.54. The van der Waals surface area contributed by atoms with Crippen molar-refractivity contribution in [1.29, 1.82) is 0 Å². The first-order chi connectivity index (χ1) is 12.5. The molecule has 0 radical (unpaired) electrons. The smallest absolute Gasteiger partial charge is 0.243 e. The van der Waals surface area contributed by atoms with Gasteiger partial charge in [-0.1, -0.05) is 12.8 Å². The molecule has 1 saturated heterocycles. The normalized spacial score (nSPS) is 45.0. The van der Waals surface area contributed by atoms with Crippen molar-refractivity contribution in [2.45, 2.75) is 76.8 Å². The van der Waals surface area contributed by atoms with Gasteiger partial charge in [0.1, 0.15) is 6.04 Å². The first-order valence-corrected chi connectivity index (χ1v) is 10.7. The van der Waals surface area contributed by atoms with Crippen molar-refractivity contribution in [1.82, 2.24) is 10.2 Å². The van der Waals surface area contributed by atoms with Gasteiger partial charge in [0.2, 0.25) is 17.7 Å². The number of rotatable bonds is 3. The Morgan fingerprint density at radius 1 is 0.923 bits per heavy atom. The Bertz CT molecular complexity index is 593. The number of amides is 3. The van der Waals surface area contributed by atoms with Gasteiger partial charge in [-0.3, -0.25) is 19.3 Å². The fourth-order valence-corrected chi connectivity index (χ4v) is 7.13. The van der Waals surface area contributed by atoms with Crippen molar-refractivity contribution in [2.75, 3.05) is 0 Å². The fourth-order valence-electron chi connectivity index (χ4n) is 7.13. The summed E-state index contributed by atoms with van der Waals surface area (Å²) < 4.78 is 0. The quantitative estimate of drug-likeness (QED) is 0.788. The van der Waals surface area contributed by atoms with Crippen molar-refractivity contribution >= 4 is 17.7 Å². The van der Waals surface area contributed by atoms with E-state index in [0.717, 1.165) is 37.5 Å². The Kier molecular flexibility index (Phi) is 3.91. The van der Waals surface area contributed by atoms with Crippen LogP contribution < -0.4 is 5.32 Å². The average molecular weight is 358 g/mol. The number of hydrogen-bond acceptors (Lipinski definition) is 3. The van der Waals surface area contributed by atoms with Crippen LogP contribution >= 0.6 is 0 Å². The molecule has 3 atom stereocenters. The topological polar surface area (TPSA) is 66.5 Å². The molecule has 3 amide bonds. The molecule has 1 aliphatic heterocycles. The first-order valence-electron chi connectivity index (χ1n) is 10.7. The van der Waals surface area contributed by atoms with Crippen LogP contribution in [0.2, 0.25) is 0 Å². The summed E-state index contributed by atoms with van der Waals surface area (Å²) in [6.45, 7) is 1.73. The Balaban J connectivity index is 1.28. The SMILES string of the molecule is CC(C(=O)NC1C2CC3CC(C2)CC1C3)N1C(=O)C2CCCCC2C1=O. The van der Waals surface area contributed by atoms with Crippen LogP contribution in [0.4, 0.5) is 0 Å². The van der Waals surface area contributed by atoms with Gasteiger partial charge in [-0.25, -0.2) is 0 Å². The minimum Gasteiger partial charge on any atom is -0.351 e. The molecule has 6 aliphatic rings. The summed E-state index contributed by atoms with van der Waals surface area (Å²) in [5, 5.41) is 3.28. The van der Waals surface area contributed by atoms with Gasteiger partial charge in [0.25, 0.3) is 0 Å². The van der Waals surface area contributed by atoms with E-state index in [1.54, 1.807) is 6.92 Å². The van der Waals surface area contributed by atoms with Gasteiger partial charge in [0, 0.05) is 6.04 Å². The van der Waals surface area contributed by atoms with E-state index in [1.807, 2.05) is 0 Å². The molecule has 142 valence electrons. The highest BCUT2D eigenvalue weighted by molar-refractivity contribution is 6.08. The maximum atomic E-state index is 13.0. The molecular weight excluding hydrogens is 328 g/mol. The zero-order chi connectivity index (χ0) is 18.0. The molecule has 5 saturated carbocycles. The van der Waals surface area contributed by atoms with Crippen LogP contribution in [0.3, 0.4) is 0 Å². The van der Waals surface area contributed by atoms with E-state index in [0.29, 0.717) is 11.8 Å². The lowest BCUT2D eigenvalue weighted by molar-refractivity contribution is -0.148. The summed E-state index contributed by atoms with van der Waals surface area (Å²) >= 11 is 0. The van der Waals surface area contributed by atoms with Crippen LogP contribution in [0, 0.1) is 35.5 Å². The fraction of sp³-hybridized carbons (Fsp3) is 0.857. The summed E-state index contributed by atoms with van der Waals surface area (Å²) in [5.74, 6) is 2.27. The van der Waals surface area contributed by atoms with Gasteiger partial charge in [0.05, 0.1) is 11.8 Å². The van der Waals surface area contributed by atoms with Crippen LogP contribution in [-0.2, 0) is 14.4 Å². The van der Waals surface area contributed by atoms with E-state index < -0.39 is 6.04 Å². The molecule has 5 aliphatic carbocycles. The predicted molar refractivity (Wildman–Crippen MR) is 95.7 cm³/mol. The Hall–Kier alpha value is -1.39. The van der Waals surface area contributed by atoms with Gasteiger partial charge < -0.3 is 5.32 Å². The lowest BCUT2D eigenvalue weighted by Gasteiger charge is -2.54. The van der Waals surface area contributed by atoms with Gasteiger partial charge in [0.15, 0.2) is 0 Å². The van der Waals surface area contributed by atoms with E-state index in [2.05, 4.69) is 5.32 Å². The minimum atomic E-state index is -0.669. The Morgan fingerprint density at radius 2 is 1.42 bits per heavy atom. The van der Waals surface area contributed by atoms with Gasteiger partial charge in [-0.15, -0.1) is 0 Å². The molecule has 6 fully saturated rings. The van der Waals surface area contributed by atoms with Crippen molar-refractivity contribution < 1.29 is 14.4 Å². The van der Waals surface area contributed by atoms with Crippen molar-refractivity contribution in [2.24, 2.45) is 35.5 Å². The molecule has 0 aromatic heterocycles. The number of nitrogens with one attached hydrogen (secondary N) is 1. The maximum Gasteiger partial charge on any atom is 0.243 e. The minimum absolute atomic E-state index is 0.104. The van der Waals surface area contributed by atoms with Crippen LogP contribution in [0.25, 0.3) is 0 Å².